The van der Waals surface area contributed by atoms with E-state index in [0.717, 1.165) is 0 Å². The zero-order valence-electron chi connectivity index (χ0n) is 5.48. The van der Waals surface area contributed by atoms with Gasteiger partial charge in [-0.05, 0) is 0 Å². The van der Waals surface area contributed by atoms with Crippen molar-refractivity contribution in [2.75, 3.05) is 0 Å². The molecule has 3 N–H and O–H groups in total. The summed E-state index contributed by atoms with van der Waals surface area (Å²) >= 11 is 0. The largest absolute Gasteiger partial charge is 2.00 e. The van der Waals surface area contributed by atoms with E-state index in [4.69, 9.17) is 19.2 Å². The molecule has 0 heterocycles. The Morgan fingerprint density at radius 1 is 1.25 bits per heavy atom. The van der Waals surface area contributed by atoms with Crippen LogP contribution in [0, 0.1) is 0 Å². The van der Waals surface area contributed by atoms with Crippen LogP contribution in [0.25, 0.3) is 0 Å². The number of phosphoric acid groups is 1. The average Bonchev–Trinajstić information content (AvgIpc) is 0.722. The van der Waals surface area contributed by atoms with Crippen molar-refractivity contribution in [1.82, 2.24) is 0 Å². The van der Waals surface area contributed by atoms with Crippen LogP contribution in [-0.2, 0) is 37.3 Å². The Morgan fingerprint density at radius 3 is 1.25 bits per heavy atom. The van der Waals surface area contributed by atoms with Crippen LogP contribution in [0.3, 0.4) is 0 Å². The van der Waals surface area contributed by atoms with Gasteiger partial charge in [-0.15, -0.1) is 0 Å². The fraction of sp³-hybridized carbons (Fsp3) is 0. The molecule has 0 saturated heterocycles. The minimum atomic E-state index is -4.64. The van der Waals surface area contributed by atoms with E-state index in [1.54, 1.807) is 0 Å². The zero-order valence-corrected chi connectivity index (χ0v) is 9.42. The minimum Gasteiger partial charge on any atom is -1.00 e. The summed E-state index contributed by atoms with van der Waals surface area (Å²) in [4.78, 5) is 21.6. The Balaban J connectivity index is -0.00000000800. The van der Waals surface area contributed by atoms with Crippen LogP contribution < -0.4 is 0 Å². The molecule has 0 aliphatic heterocycles. The zero-order chi connectivity index (χ0) is 4.50. The van der Waals surface area contributed by atoms with Gasteiger partial charge in [0.15, 0.2) is 17.4 Å². The van der Waals surface area contributed by atoms with Crippen molar-refractivity contribution in [3.05, 3.63) is 0 Å². The molecule has 0 aliphatic rings. The molecule has 0 unspecified atom stereocenters. The summed E-state index contributed by atoms with van der Waals surface area (Å²) in [5.41, 5.74) is 0. The van der Waals surface area contributed by atoms with Gasteiger partial charge < -0.3 is 17.5 Å². The Kier molecular flexibility index (Phi) is 28.1. The number of rotatable bonds is 0. The second-order valence-corrected chi connectivity index (χ2v) is 1.54. The van der Waals surface area contributed by atoms with E-state index >= 15 is 0 Å². The summed E-state index contributed by atoms with van der Waals surface area (Å²) in [6.45, 7) is 0. The van der Waals surface area contributed by atoms with Crippen molar-refractivity contribution in [2.45, 2.75) is 0 Å². The van der Waals surface area contributed by atoms with E-state index in [1.807, 2.05) is 0 Å². The third kappa shape index (κ3) is 63.9. The predicted molar refractivity (Wildman–Crippen MR) is 32.2 cm³/mol. The van der Waals surface area contributed by atoms with Crippen molar-refractivity contribution in [3.8, 4) is 0 Å². The Labute approximate surface area is 116 Å². The van der Waals surface area contributed by atoms with Crippen LogP contribution in [0.4, 0.5) is 0 Å². The second-order valence-electron chi connectivity index (χ2n) is 0.513. The van der Waals surface area contributed by atoms with E-state index in [0.29, 0.717) is 0 Å². The first kappa shape index (κ1) is 22.4. The molecule has 4 nitrogen and oxygen atoms in total. The van der Waals surface area contributed by atoms with Gasteiger partial charge in [-0.25, -0.2) is 4.57 Å². The SMILES string of the molecule is O=P(O)(O)O.[AlH3].[Ca+2].[H-].[H-].[Y]. The quantitative estimate of drug-likeness (QED) is 0.338. The Morgan fingerprint density at radius 2 is 1.25 bits per heavy atom. The number of hydrogen-bond acceptors (Lipinski definition) is 1. The molecule has 0 amide bonds. The van der Waals surface area contributed by atoms with Gasteiger partial charge in [0.05, 0.1) is 0 Å². The molecule has 0 aromatic heterocycles. The van der Waals surface area contributed by atoms with E-state index in [2.05, 4.69) is 0 Å². The van der Waals surface area contributed by atoms with Gasteiger partial charge in [-0.2, -0.15) is 0 Å². The molecule has 0 atom stereocenters. The van der Waals surface area contributed by atoms with Gasteiger partial charge in [0.2, 0.25) is 0 Å². The standard InChI is InChI=1S/Al.Ca.H3O4P.Y.5H/c;;1-5(2,3)4;;;;;;/h;;(H3,1,2,3,4);;;;;;/q;+2;;;;;;2*-1. The second kappa shape index (κ2) is 10.0. The van der Waals surface area contributed by atoms with Crippen molar-refractivity contribution < 1.29 is 54.8 Å². The Hall–Kier alpha value is 3.01. The van der Waals surface area contributed by atoms with E-state index in [1.165, 1.54) is 0 Å². The molecule has 0 rings (SSSR count). The van der Waals surface area contributed by atoms with Gasteiger partial charge in [0.25, 0.3) is 0 Å². The first-order chi connectivity index (χ1) is 2.00. The molecule has 45 valence electrons. The number of hydrogen-bond donors (Lipinski definition) is 3. The molecule has 8 heteroatoms. The van der Waals surface area contributed by atoms with Crippen LogP contribution in [0.5, 0.6) is 0 Å². The maximum absolute atomic E-state index is 8.88. The monoisotopic (exact) mass is 259 g/mol. The summed E-state index contributed by atoms with van der Waals surface area (Å²) in [6.07, 6.45) is 0. The third-order valence-electron chi connectivity index (χ3n) is 0. The van der Waals surface area contributed by atoms with Crippen molar-refractivity contribution in [1.29, 1.82) is 0 Å². The van der Waals surface area contributed by atoms with E-state index in [9.17, 15) is 0 Å². The fourth-order valence-electron chi connectivity index (χ4n) is 0. The first-order valence-electron chi connectivity index (χ1n) is 0.783. The maximum Gasteiger partial charge on any atom is 2.00 e. The molecular weight excluding hydrogens is 251 g/mol. The predicted octanol–water partition coefficient (Wildman–Crippen LogP) is -2.27. The topological polar surface area (TPSA) is 77.8 Å². The van der Waals surface area contributed by atoms with Crippen LogP contribution >= 0.6 is 7.82 Å². The van der Waals surface area contributed by atoms with Gasteiger partial charge in [0, 0.05) is 32.7 Å². The van der Waals surface area contributed by atoms with Crippen LogP contribution in [0.1, 0.15) is 2.85 Å². The van der Waals surface area contributed by atoms with Crippen molar-refractivity contribution in [2.24, 2.45) is 0 Å². The summed E-state index contributed by atoms with van der Waals surface area (Å²) in [5, 5.41) is 0. The van der Waals surface area contributed by atoms with Gasteiger partial charge in [-0.3, -0.25) is 0 Å². The molecular formula is H8AlCaO4PY. The summed E-state index contributed by atoms with van der Waals surface area (Å²) in [7, 11) is -4.64. The molecule has 0 spiro atoms. The van der Waals surface area contributed by atoms with Crippen LogP contribution in [-0.4, -0.2) is 69.8 Å². The van der Waals surface area contributed by atoms with E-state index < -0.39 is 7.82 Å². The summed E-state index contributed by atoms with van der Waals surface area (Å²) < 4.78 is 8.88. The molecule has 0 bridgehead atoms. The van der Waals surface area contributed by atoms with Gasteiger partial charge >= 0.3 is 45.6 Å². The smallest absolute Gasteiger partial charge is 1.00 e. The van der Waals surface area contributed by atoms with Crippen molar-refractivity contribution >= 4 is 62.9 Å². The third-order valence-corrected chi connectivity index (χ3v) is 0. The molecule has 0 aromatic carbocycles. The van der Waals surface area contributed by atoms with E-state index in [-0.39, 0.29) is 90.7 Å². The van der Waals surface area contributed by atoms with Crippen molar-refractivity contribution in [3.63, 3.8) is 0 Å². The van der Waals surface area contributed by atoms with Crippen LogP contribution in [0.15, 0.2) is 0 Å². The van der Waals surface area contributed by atoms with Gasteiger partial charge in [-0.1, -0.05) is 0 Å². The molecule has 0 aromatic rings. The summed E-state index contributed by atoms with van der Waals surface area (Å²) in [6, 6.07) is 0. The van der Waals surface area contributed by atoms with Gasteiger partial charge in [0.1, 0.15) is 0 Å². The summed E-state index contributed by atoms with van der Waals surface area (Å²) in [5.74, 6) is 0. The molecule has 1 radical (unpaired) electrons. The fourth-order valence-corrected chi connectivity index (χ4v) is 0. The average molecular weight is 259 g/mol. The normalized spacial score (nSPS) is 7.38. The van der Waals surface area contributed by atoms with Crippen LogP contribution in [0.2, 0.25) is 0 Å². The maximum atomic E-state index is 8.88. The Bertz CT molecular complexity index is 69.4. The molecule has 8 heavy (non-hydrogen) atoms. The molecule has 0 aliphatic carbocycles. The minimum absolute atomic E-state index is 0. The molecule has 0 saturated carbocycles. The molecule has 0 fully saturated rings. The first-order valence-corrected chi connectivity index (χ1v) is 2.35.